The standard InChI is InChI=1S/C17H26N2O/c1-13-7-9-14(10-8-13)17(2,3)12-19-16(20)15-6-4-5-11-18-15/h7-10,15,18H,4-6,11-12H2,1-3H3,(H,19,20). The van der Waals surface area contributed by atoms with Crippen LogP contribution in [-0.2, 0) is 10.2 Å². The minimum atomic E-state index is -0.0436. The molecule has 3 heteroatoms. The largest absolute Gasteiger partial charge is 0.354 e. The minimum Gasteiger partial charge on any atom is -0.354 e. The summed E-state index contributed by atoms with van der Waals surface area (Å²) in [5.41, 5.74) is 2.48. The van der Waals surface area contributed by atoms with E-state index in [1.54, 1.807) is 0 Å². The number of nitrogens with one attached hydrogen (secondary N) is 2. The number of piperidine rings is 1. The highest BCUT2D eigenvalue weighted by molar-refractivity contribution is 5.81. The number of aryl methyl sites for hydroxylation is 1. The van der Waals surface area contributed by atoms with Gasteiger partial charge in [0.1, 0.15) is 0 Å². The van der Waals surface area contributed by atoms with E-state index in [-0.39, 0.29) is 17.4 Å². The van der Waals surface area contributed by atoms with Crippen LogP contribution in [0.4, 0.5) is 0 Å². The highest BCUT2D eigenvalue weighted by atomic mass is 16.2. The molecule has 1 aromatic carbocycles. The normalized spacial score (nSPS) is 19.6. The number of hydrogen-bond acceptors (Lipinski definition) is 2. The van der Waals surface area contributed by atoms with Gasteiger partial charge < -0.3 is 10.6 Å². The van der Waals surface area contributed by atoms with Gasteiger partial charge in [-0.3, -0.25) is 4.79 Å². The van der Waals surface area contributed by atoms with Crippen LogP contribution in [0, 0.1) is 6.92 Å². The van der Waals surface area contributed by atoms with Crippen LogP contribution in [0.3, 0.4) is 0 Å². The number of rotatable bonds is 4. The summed E-state index contributed by atoms with van der Waals surface area (Å²) in [6.45, 7) is 8.07. The predicted octanol–water partition coefficient (Wildman–Crippen LogP) is 2.53. The molecule has 1 saturated heterocycles. The van der Waals surface area contributed by atoms with Gasteiger partial charge in [-0.25, -0.2) is 0 Å². The van der Waals surface area contributed by atoms with Gasteiger partial charge in [0.2, 0.25) is 5.91 Å². The number of benzene rings is 1. The van der Waals surface area contributed by atoms with Gasteiger partial charge in [-0.15, -0.1) is 0 Å². The van der Waals surface area contributed by atoms with Crippen LogP contribution in [0.5, 0.6) is 0 Å². The highest BCUT2D eigenvalue weighted by Gasteiger charge is 2.25. The summed E-state index contributed by atoms with van der Waals surface area (Å²) in [6, 6.07) is 8.56. The second-order valence-electron chi connectivity index (χ2n) is 6.47. The molecule has 0 bridgehead atoms. The van der Waals surface area contributed by atoms with E-state index in [1.165, 1.54) is 17.5 Å². The van der Waals surface area contributed by atoms with Crippen LogP contribution in [0.1, 0.15) is 44.2 Å². The summed E-state index contributed by atoms with van der Waals surface area (Å²) in [4.78, 5) is 12.2. The summed E-state index contributed by atoms with van der Waals surface area (Å²) in [7, 11) is 0. The molecule has 1 heterocycles. The first-order chi connectivity index (χ1) is 9.49. The molecule has 2 N–H and O–H groups in total. The summed E-state index contributed by atoms with van der Waals surface area (Å²) in [5.74, 6) is 0.143. The maximum Gasteiger partial charge on any atom is 0.237 e. The van der Waals surface area contributed by atoms with Crippen LogP contribution in [0.2, 0.25) is 0 Å². The molecule has 1 aliphatic heterocycles. The molecule has 20 heavy (non-hydrogen) atoms. The van der Waals surface area contributed by atoms with E-state index in [1.807, 2.05) is 0 Å². The zero-order valence-electron chi connectivity index (χ0n) is 12.8. The molecular weight excluding hydrogens is 248 g/mol. The summed E-state index contributed by atoms with van der Waals surface area (Å²) in [5, 5.41) is 6.39. The fourth-order valence-electron chi connectivity index (χ4n) is 2.61. The Bertz CT molecular complexity index is 445. The smallest absolute Gasteiger partial charge is 0.237 e. The van der Waals surface area contributed by atoms with Crippen LogP contribution in [0.25, 0.3) is 0 Å². The molecule has 3 nitrogen and oxygen atoms in total. The average molecular weight is 274 g/mol. The van der Waals surface area contributed by atoms with Gasteiger partial charge in [0.05, 0.1) is 6.04 Å². The topological polar surface area (TPSA) is 41.1 Å². The second-order valence-corrected chi connectivity index (χ2v) is 6.47. The lowest BCUT2D eigenvalue weighted by Gasteiger charge is -2.28. The molecule has 1 unspecified atom stereocenters. The van der Waals surface area contributed by atoms with Crippen molar-refractivity contribution in [3.05, 3.63) is 35.4 Å². The SMILES string of the molecule is Cc1ccc(C(C)(C)CNC(=O)C2CCCCN2)cc1. The number of hydrogen-bond donors (Lipinski definition) is 2. The van der Waals surface area contributed by atoms with Crippen molar-refractivity contribution >= 4 is 5.91 Å². The Morgan fingerprint density at radius 2 is 2.00 bits per heavy atom. The van der Waals surface area contributed by atoms with E-state index < -0.39 is 0 Å². The van der Waals surface area contributed by atoms with E-state index in [9.17, 15) is 4.79 Å². The quantitative estimate of drug-likeness (QED) is 0.886. The van der Waals surface area contributed by atoms with Gasteiger partial charge in [-0.05, 0) is 31.9 Å². The van der Waals surface area contributed by atoms with Gasteiger partial charge >= 0.3 is 0 Å². The average Bonchev–Trinajstić information content (AvgIpc) is 2.46. The zero-order valence-corrected chi connectivity index (χ0v) is 12.8. The minimum absolute atomic E-state index is 0.00225. The van der Waals surface area contributed by atoms with Crippen LogP contribution in [-0.4, -0.2) is 25.0 Å². The first-order valence-corrected chi connectivity index (χ1v) is 7.57. The van der Waals surface area contributed by atoms with Crippen molar-refractivity contribution in [2.45, 2.75) is 51.5 Å². The fourth-order valence-corrected chi connectivity index (χ4v) is 2.61. The third kappa shape index (κ3) is 3.83. The monoisotopic (exact) mass is 274 g/mol. The van der Waals surface area contributed by atoms with E-state index in [0.29, 0.717) is 6.54 Å². The molecular formula is C17H26N2O. The predicted molar refractivity (Wildman–Crippen MR) is 82.9 cm³/mol. The van der Waals surface area contributed by atoms with Gasteiger partial charge in [0.25, 0.3) is 0 Å². The zero-order chi connectivity index (χ0) is 14.6. The van der Waals surface area contributed by atoms with Crippen LogP contribution in [0.15, 0.2) is 24.3 Å². The molecule has 0 saturated carbocycles. The van der Waals surface area contributed by atoms with E-state index in [4.69, 9.17) is 0 Å². The number of carbonyl (C=O) groups is 1. The molecule has 1 amide bonds. The number of carbonyl (C=O) groups excluding carboxylic acids is 1. The molecule has 0 aliphatic carbocycles. The van der Waals surface area contributed by atoms with Gasteiger partial charge in [-0.1, -0.05) is 50.1 Å². The van der Waals surface area contributed by atoms with E-state index in [0.717, 1.165) is 19.4 Å². The summed E-state index contributed by atoms with van der Waals surface area (Å²) < 4.78 is 0. The van der Waals surface area contributed by atoms with Crippen molar-refractivity contribution in [2.75, 3.05) is 13.1 Å². The lowest BCUT2D eigenvalue weighted by atomic mass is 9.84. The molecule has 2 rings (SSSR count). The van der Waals surface area contributed by atoms with E-state index >= 15 is 0 Å². The van der Waals surface area contributed by atoms with Gasteiger partial charge in [0.15, 0.2) is 0 Å². The van der Waals surface area contributed by atoms with Crippen molar-refractivity contribution in [1.82, 2.24) is 10.6 Å². The molecule has 0 radical (unpaired) electrons. The Labute approximate surface area is 122 Å². The molecule has 1 fully saturated rings. The highest BCUT2D eigenvalue weighted by Crippen LogP contribution is 2.22. The van der Waals surface area contributed by atoms with Gasteiger partial charge in [0, 0.05) is 12.0 Å². The van der Waals surface area contributed by atoms with Crippen molar-refractivity contribution in [2.24, 2.45) is 0 Å². The van der Waals surface area contributed by atoms with Crippen molar-refractivity contribution in [1.29, 1.82) is 0 Å². The lowest BCUT2D eigenvalue weighted by Crippen LogP contribution is -2.49. The van der Waals surface area contributed by atoms with Gasteiger partial charge in [-0.2, -0.15) is 0 Å². The van der Waals surface area contributed by atoms with Crippen molar-refractivity contribution in [3.63, 3.8) is 0 Å². The third-order valence-corrected chi connectivity index (χ3v) is 4.16. The van der Waals surface area contributed by atoms with E-state index in [2.05, 4.69) is 55.7 Å². The maximum atomic E-state index is 12.2. The maximum absolute atomic E-state index is 12.2. The molecule has 1 atom stereocenters. The second kappa shape index (κ2) is 6.40. The number of amides is 1. The van der Waals surface area contributed by atoms with Crippen molar-refractivity contribution < 1.29 is 4.79 Å². The molecule has 110 valence electrons. The Balaban J connectivity index is 1.91. The molecule has 0 spiro atoms. The first kappa shape index (κ1) is 15.0. The molecule has 1 aliphatic rings. The Hall–Kier alpha value is -1.35. The summed E-state index contributed by atoms with van der Waals surface area (Å²) in [6.07, 6.45) is 3.28. The fraction of sp³-hybridized carbons (Fsp3) is 0.588. The summed E-state index contributed by atoms with van der Waals surface area (Å²) >= 11 is 0. The Morgan fingerprint density at radius 3 is 2.60 bits per heavy atom. The molecule has 1 aromatic rings. The lowest BCUT2D eigenvalue weighted by molar-refractivity contribution is -0.123. The first-order valence-electron chi connectivity index (χ1n) is 7.57. The molecule has 0 aromatic heterocycles. The van der Waals surface area contributed by atoms with Crippen molar-refractivity contribution in [3.8, 4) is 0 Å². The third-order valence-electron chi connectivity index (χ3n) is 4.16. The Kier molecular flexibility index (Phi) is 4.81. The van der Waals surface area contributed by atoms with Crippen LogP contribution >= 0.6 is 0 Å². The Morgan fingerprint density at radius 1 is 1.30 bits per heavy atom. The van der Waals surface area contributed by atoms with Crippen LogP contribution < -0.4 is 10.6 Å².